The topological polar surface area (TPSA) is 67.9 Å². The van der Waals surface area contributed by atoms with E-state index in [0.717, 1.165) is 18.6 Å². The smallest absolute Gasteiger partial charge is 0.416 e. The summed E-state index contributed by atoms with van der Waals surface area (Å²) in [6.07, 6.45) is -3.24. The minimum atomic E-state index is -4.49. The molecule has 0 atom stereocenters. The Morgan fingerprint density at radius 1 is 1.21 bits per heavy atom. The van der Waals surface area contributed by atoms with Crippen molar-refractivity contribution in [2.45, 2.75) is 19.0 Å². The van der Waals surface area contributed by atoms with Crippen molar-refractivity contribution >= 4 is 23.2 Å². The van der Waals surface area contributed by atoms with Crippen molar-refractivity contribution in [1.82, 2.24) is 0 Å². The average molecular weight is 408 g/mol. The standard InChI is InChI=1S/C20H19F3N2O4/c1-28-17-11-14(7-8-16(17)25-9-3-6-19(25)27)24-18(26)12-29-15-5-2-4-13(10-15)20(21,22)23/h2,4-5,7-8,10-11H,3,6,9,12H2,1H3,(H,24,26). The average Bonchev–Trinajstić information content (AvgIpc) is 3.11. The van der Waals surface area contributed by atoms with Crippen molar-refractivity contribution in [1.29, 1.82) is 0 Å². The summed E-state index contributed by atoms with van der Waals surface area (Å²) in [6.45, 7) is 0.141. The number of halogens is 3. The molecule has 1 saturated heterocycles. The molecule has 3 rings (SSSR count). The molecule has 0 aromatic heterocycles. The largest absolute Gasteiger partial charge is 0.494 e. The fourth-order valence-corrected chi connectivity index (χ4v) is 2.99. The van der Waals surface area contributed by atoms with Gasteiger partial charge >= 0.3 is 6.18 Å². The summed E-state index contributed by atoms with van der Waals surface area (Å²) in [5.74, 6) is -0.170. The van der Waals surface area contributed by atoms with Crippen LogP contribution in [-0.4, -0.2) is 32.1 Å². The number of hydrogen-bond donors (Lipinski definition) is 1. The number of amides is 2. The molecular weight excluding hydrogens is 389 g/mol. The first-order valence-electron chi connectivity index (χ1n) is 8.86. The van der Waals surface area contributed by atoms with Gasteiger partial charge in [-0.2, -0.15) is 13.2 Å². The zero-order valence-electron chi connectivity index (χ0n) is 15.6. The molecule has 2 amide bonds. The normalized spacial score (nSPS) is 14.1. The zero-order chi connectivity index (χ0) is 21.0. The fraction of sp³-hybridized carbons (Fsp3) is 0.300. The van der Waals surface area contributed by atoms with Crippen molar-refractivity contribution < 1.29 is 32.2 Å². The van der Waals surface area contributed by atoms with E-state index in [9.17, 15) is 22.8 Å². The molecular formula is C20H19F3N2O4. The molecule has 0 spiro atoms. The summed E-state index contributed by atoms with van der Waals surface area (Å²) in [4.78, 5) is 25.6. The van der Waals surface area contributed by atoms with Crippen LogP contribution in [0.3, 0.4) is 0 Å². The Morgan fingerprint density at radius 2 is 2.00 bits per heavy atom. The Kier molecular flexibility index (Phi) is 5.95. The molecule has 2 aromatic rings. The number of nitrogens with zero attached hydrogens (tertiary/aromatic N) is 1. The number of carbonyl (C=O) groups excluding carboxylic acids is 2. The molecule has 0 unspecified atom stereocenters. The first-order valence-corrected chi connectivity index (χ1v) is 8.86. The lowest BCUT2D eigenvalue weighted by molar-refractivity contribution is -0.137. The van der Waals surface area contributed by atoms with Crippen LogP contribution in [-0.2, 0) is 15.8 Å². The van der Waals surface area contributed by atoms with Gasteiger partial charge < -0.3 is 19.7 Å². The number of nitrogens with one attached hydrogen (secondary N) is 1. The molecule has 1 fully saturated rings. The molecule has 1 aliphatic rings. The summed E-state index contributed by atoms with van der Waals surface area (Å²) in [6, 6.07) is 9.16. The second-order valence-corrected chi connectivity index (χ2v) is 6.40. The highest BCUT2D eigenvalue weighted by Crippen LogP contribution is 2.34. The maximum atomic E-state index is 12.7. The fourth-order valence-electron chi connectivity index (χ4n) is 2.99. The van der Waals surface area contributed by atoms with Gasteiger partial charge in [0.05, 0.1) is 18.4 Å². The molecule has 2 aromatic carbocycles. The van der Waals surface area contributed by atoms with Gasteiger partial charge in [-0.25, -0.2) is 0 Å². The predicted octanol–water partition coefficient (Wildman–Crippen LogP) is 3.86. The number of rotatable bonds is 6. The van der Waals surface area contributed by atoms with E-state index in [1.54, 1.807) is 23.1 Å². The van der Waals surface area contributed by atoms with Crippen LogP contribution in [0.15, 0.2) is 42.5 Å². The maximum absolute atomic E-state index is 12.7. The number of anilines is 2. The number of methoxy groups -OCH3 is 1. The van der Waals surface area contributed by atoms with Crippen LogP contribution in [0.2, 0.25) is 0 Å². The molecule has 1 heterocycles. The minimum absolute atomic E-state index is 0.00886. The molecule has 0 aliphatic carbocycles. The van der Waals surface area contributed by atoms with E-state index in [0.29, 0.717) is 30.1 Å². The number of carbonyl (C=O) groups is 2. The van der Waals surface area contributed by atoms with E-state index < -0.39 is 24.3 Å². The third-order valence-electron chi connectivity index (χ3n) is 4.36. The van der Waals surface area contributed by atoms with Crippen molar-refractivity contribution in [2.75, 3.05) is 30.5 Å². The van der Waals surface area contributed by atoms with E-state index >= 15 is 0 Å². The summed E-state index contributed by atoms with van der Waals surface area (Å²) in [5.41, 5.74) is 0.176. The van der Waals surface area contributed by atoms with Crippen LogP contribution < -0.4 is 19.7 Å². The lowest BCUT2D eigenvalue weighted by Gasteiger charge is -2.19. The molecule has 0 saturated carbocycles. The second-order valence-electron chi connectivity index (χ2n) is 6.40. The van der Waals surface area contributed by atoms with Gasteiger partial charge in [-0.3, -0.25) is 9.59 Å². The first-order chi connectivity index (χ1) is 13.8. The van der Waals surface area contributed by atoms with Gasteiger partial charge in [0.2, 0.25) is 5.91 Å². The second kappa shape index (κ2) is 8.42. The summed E-state index contributed by atoms with van der Waals surface area (Å²) in [7, 11) is 1.46. The van der Waals surface area contributed by atoms with Crippen molar-refractivity contribution in [2.24, 2.45) is 0 Å². The molecule has 0 bridgehead atoms. The van der Waals surface area contributed by atoms with Gasteiger partial charge in [-0.15, -0.1) is 0 Å². The van der Waals surface area contributed by atoms with Crippen LogP contribution in [0, 0.1) is 0 Å². The van der Waals surface area contributed by atoms with Crippen LogP contribution >= 0.6 is 0 Å². The number of hydrogen-bond acceptors (Lipinski definition) is 4. The number of alkyl halides is 3. The molecule has 1 N–H and O–H groups in total. The third-order valence-corrected chi connectivity index (χ3v) is 4.36. The Hall–Kier alpha value is -3.23. The molecule has 154 valence electrons. The Bertz CT molecular complexity index is 915. The van der Waals surface area contributed by atoms with E-state index in [4.69, 9.17) is 9.47 Å². The van der Waals surface area contributed by atoms with E-state index in [1.807, 2.05) is 0 Å². The highest BCUT2D eigenvalue weighted by molar-refractivity contribution is 5.98. The van der Waals surface area contributed by atoms with E-state index in [-0.39, 0.29) is 11.7 Å². The van der Waals surface area contributed by atoms with Crippen LogP contribution in [0.25, 0.3) is 0 Å². The number of benzene rings is 2. The highest BCUT2D eigenvalue weighted by atomic mass is 19.4. The van der Waals surface area contributed by atoms with Crippen molar-refractivity contribution in [3.8, 4) is 11.5 Å². The molecule has 6 nitrogen and oxygen atoms in total. The van der Waals surface area contributed by atoms with E-state index in [2.05, 4.69) is 5.32 Å². The summed E-state index contributed by atoms with van der Waals surface area (Å²) >= 11 is 0. The Morgan fingerprint density at radius 3 is 2.66 bits per heavy atom. The quantitative estimate of drug-likeness (QED) is 0.788. The highest BCUT2D eigenvalue weighted by Gasteiger charge is 2.30. The monoisotopic (exact) mass is 408 g/mol. The van der Waals surface area contributed by atoms with E-state index in [1.165, 1.54) is 19.2 Å². The predicted molar refractivity (Wildman–Crippen MR) is 100 cm³/mol. The van der Waals surface area contributed by atoms with Crippen molar-refractivity contribution in [3.63, 3.8) is 0 Å². The lowest BCUT2D eigenvalue weighted by Crippen LogP contribution is -2.24. The van der Waals surface area contributed by atoms with Gasteiger partial charge in [0.1, 0.15) is 11.5 Å². The molecule has 9 heteroatoms. The Balaban J connectivity index is 1.63. The third kappa shape index (κ3) is 4.98. The lowest BCUT2D eigenvalue weighted by atomic mass is 10.2. The van der Waals surface area contributed by atoms with Gasteiger partial charge in [-0.05, 0) is 36.8 Å². The summed E-state index contributed by atoms with van der Waals surface area (Å²) < 4.78 is 48.6. The molecule has 0 radical (unpaired) electrons. The Labute approximate surface area is 165 Å². The first kappa shape index (κ1) is 20.5. The maximum Gasteiger partial charge on any atom is 0.416 e. The van der Waals surface area contributed by atoms with Crippen LogP contribution in [0.1, 0.15) is 18.4 Å². The SMILES string of the molecule is COc1cc(NC(=O)COc2cccc(C(F)(F)F)c2)ccc1N1CCCC1=O. The minimum Gasteiger partial charge on any atom is -0.494 e. The zero-order valence-corrected chi connectivity index (χ0v) is 15.6. The van der Waals surface area contributed by atoms with Crippen molar-refractivity contribution in [3.05, 3.63) is 48.0 Å². The van der Waals surface area contributed by atoms with Crippen LogP contribution in [0.5, 0.6) is 11.5 Å². The van der Waals surface area contributed by atoms with Crippen LogP contribution in [0.4, 0.5) is 24.5 Å². The summed E-state index contributed by atoms with van der Waals surface area (Å²) in [5, 5.41) is 2.59. The molecule has 1 aliphatic heterocycles. The number of ether oxygens (including phenoxy) is 2. The van der Waals surface area contributed by atoms with Gasteiger partial charge in [0, 0.05) is 24.7 Å². The van der Waals surface area contributed by atoms with Gasteiger partial charge in [-0.1, -0.05) is 6.07 Å². The van der Waals surface area contributed by atoms with Gasteiger partial charge in [0.15, 0.2) is 6.61 Å². The molecule has 29 heavy (non-hydrogen) atoms. The van der Waals surface area contributed by atoms with Gasteiger partial charge in [0.25, 0.3) is 5.91 Å².